The van der Waals surface area contributed by atoms with Crippen LogP contribution in [0.25, 0.3) is 11.3 Å². The number of aliphatic hydroxyl groups is 1. The highest BCUT2D eigenvalue weighted by Crippen LogP contribution is 2.32. The zero-order valence-corrected chi connectivity index (χ0v) is 14.8. The van der Waals surface area contributed by atoms with Crippen LogP contribution in [0.15, 0.2) is 18.5 Å². The Morgan fingerprint density at radius 2 is 2.08 bits per heavy atom. The summed E-state index contributed by atoms with van der Waals surface area (Å²) in [6, 6.07) is 1.56. The molecule has 0 saturated heterocycles. The summed E-state index contributed by atoms with van der Waals surface area (Å²) in [5.41, 5.74) is 0.143. The Bertz CT molecular complexity index is 767. The highest BCUT2D eigenvalue weighted by molar-refractivity contribution is 6.28. The molecule has 1 fully saturated rings. The second-order valence-electron chi connectivity index (χ2n) is 6.83. The maximum Gasteiger partial charge on any atom is 0.408 e. The molecule has 1 aliphatic carbocycles. The van der Waals surface area contributed by atoms with Gasteiger partial charge in [0, 0.05) is 18.4 Å². The summed E-state index contributed by atoms with van der Waals surface area (Å²) < 4.78 is 38.4. The first-order valence-corrected chi connectivity index (χ1v) is 8.61. The summed E-state index contributed by atoms with van der Waals surface area (Å²) in [7, 11) is 0. The van der Waals surface area contributed by atoms with Crippen molar-refractivity contribution in [3.8, 4) is 11.3 Å². The fraction of sp³-hybridized carbons (Fsp3) is 0.562. The molecule has 6 nitrogen and oxygen atoms in total. The molecular formula is C16H19ClF3N5O. The number of halogens is 4. The van der Waals surface area contributed by atoms with Gasteiger partial charge in [0.15, 0.2) is 0 Å². The molecule has 0 aromatic carbocycles. The molecule has 26 heavy (non-hydrogen) atoms. The van der Waals surface area contributed by atoms with E-state index in [1.54, 1.807) is 0 Å². The van der Waals surface area contributed by atoms with E-state index in [9.17, 15) is 18.3 Å². The van der Waals surface area contributed by atoms with Crippen LogP contribution in [0.5, 0.6) is 0 Å². The van der Waals surface area contributed by atoms with Crippen molar-refractivity contribution in [1.82, 2.24) is 19.7 Å². The van der Waals surface area contributed by atoms with Crippen LogP contribution >= 0.6 is 11.6 Å². The topological polar surface area (TPSA) is 75.9 Å². The molecule has 0 radical (unpaired) electrons. The Hall–Kier alpha value is -1.87. The molecule has 0 atom stereocenters. The molecule has 2 N–H and O–H groups in total. The van der Waals surface area contributed by atoms with Gasteiger partial charge in [-0.25, -0.2) is 9.97 Å². The lowest BCUT2D eigenvalue weighted by atomic mass is 9.83. The van der Waals surface area contributed by atoms with Crippen molar-refractivity contribution < 1.29 is 18.3 Å². The van der Waals surface area contributed by atoms with Gasteiger partial charge in [-0.2, -0.15) is 18.3 Å². The molecule has 0 bridgehead atoms. The maximum atomic E-state index is 12.5. The lowest BCUT2D eigenvalue weighted by Crippen LogP contribution is -2.36. The summed E-state index contributed by atoms with van der Waals surface area (Å²) >= 11 is 5.88. The van der Waals surface area contributed by atoms with Crippen LogP contribution in [-0.2, 0) is 6.54 Å². The van der Waals surface area contributed by atoms with Crippen LogP contribution in [-0.4, -0.2) is 42.7 Å². The van der Waals surface area contributed by atoms with Gasteiger partial charge in [0.2, 0.25) is 5.28 Å². The van der Waals surface area contributed by atoms with E-state index in [0.717, 1.165) is 17.5 Å². The van der Waals surface area contributed by atoms with E-state index in [-0.39, 0.29) is 11.3 Å². The average molecular weight is 390 g/mol. The number of nitrogens with zero attached hydrogens (tertiary/aromatic N) is 4. The molecule has 10 heteroatoms. The third kappa shape index (κ3) is 4.85. The zero-order chi connectivity index (χ0) is 18.9. The Balaban J connectivity index is 1.80. The number of aromatic nitrogens is 4. The molecule has 1 saturated carbocycles. The van der Waals surface area contributed by atoms with Crippen molar-refractivity contribution in [2.45, 2.75) is 57.0 Å². The number of hydrogen-bond acceptors (Lipinski definition) is 5. The highest BCUT2D eigenvalue weighted by atomic mass is 35.5. The largest absolute Gasteiger partial charge is 0.408 e. The van der Waals surface area contributed by atoms with E-state index in [2.05, 4.69) is 20.4 Å². The first-order valence-electron chi connectivity index (χ1n) is 8.23. The molecule has 1 aliphatic rings. The lowest BCUT2D eigenvalue weighted by Gasteiger charge is -2.33. The first-order chi connectivity index (χ1) is 12.1. The molecule has 0 unspecified atom stereocenters. The van der Waals surface area contributed by atoms with Gasteiger partial charge in [0.05, 0.1) is 16.9 Å². The second kappa shape index (κ2) is 7.03. The Morgan fingerprint density at radius 1 is 1.38 bits per heavy atom. The van der Waals surface area contributed by atoms with E-state index in [1.165, 1.54) is 18.5 Å². The van der Waals surface area contributed by atoms with Crippen molar-refractivity contribution in [2.75, 3.05) is 5.32 Å². The quantitative estimate of drug-likeness (QED) is 0.780. The molecular weight excluding hydrogens is 371 g/mol. The summed E-state index contributed by atoms with van der Waals surface area (Å²) in [4.78, 5) is 8.09. The van der Waals surface area contributed by atoms with Crippen LogP contribution in [0, 0.1) is 0 Å². The minimum atomic E-state index is -4.35. The molecule has 0 aliphatic heterocycles. The molecule has 3 rings (SSSR count). The molecule has 2 aromatic heterocycles. The molecule has 0 spiro atoms. The number of rotatable bonds is 4. The number of hydrogen-bond donors (Lipinski definition) is 2. The smallest absolute Gasteiger partial charge is 0.390 e. The molecule has 0 amide bonds. The van der Waals surface area contributed by atoms with E-state index >= 15 is 0 Å². The number of nitrogens with one attached hydrogen (secondary N) is 1. The normalized spacial score (nSPS) is 23.8. The summed E-state index contributed by atoms with van der Waals surface area (Å²) in [6.07, 6.45) is 1.15. The number of alkyl halides is 3. The van der Waals surface area contributed by atoms with Crippen molar-refractivity contribution in [3.05, 3.63) is 23.7 Å². The van der Waals surface area contributed by atoms with Crippen molar-refractivity contribution in [2.24, 2.45) is 0 Å². The van der Waals surface area contributed by atoms with Gasteiger partial charge in [0.25, 0.3) is 0 Å². The van der Waals surface area contributed by atoms with Gasteiger partial charge in [0.1, 0.15) is 12.4 Å². The Morgan fingerprint density at radius 3 is 2.73 bits per heavy atom. The van der Waals surface area contributed by atoms with Crippen molar-refractivity contribution >= 4 is 17.4 Å². The standard InChI is InChI=1S/C16H19ClF3N5O/c1-15(26)5-2-10(3-6-15)22-13-11(8-21-14(17)23-13)12-4-7-25(24-12)9-16(18,19)20/h4,7-8,10,26H,2-3,5-6,9H2,1H3,(H,21,22,23). The summed E-state index contributed by atoms with van der Waals surface area (Å²) in [5.74, 6) is 0.425. The van der Waals surface area contributed by atoms with E-state index < -0.39 is 18.3 Å². The first kappa shape index (κ1) is 18.9. The van der Waals surface area contributed by atoms with Crippen LogP contribution in [0.4, 0.5) is 19.0 Å². The summed E-state index contributed by atoms with van der Waals surface area (Å²) in [5, 5.41) is 17.3. The molecule has 2 heterocycles. The molecule has 142 valence electrons. The third-order valence-electron chi connectivity index (χ3n) is 4.42. The monoisotopic (exact) mass is 389 g/mol. The number of anilines is 1. The molecule has 2 aromatic rings. The third-order valence-corrected chi connectivity index (χ3v) is 4.60. The predicted molar refractivity (Wildman–Crippen MR) is 90.8 cm³/mol. The van der Waals surface area contributed by atoms with Crippen LogP contribution < -0.4 is 5.32 Å². The van der Waals surface area contributed by atoms with Crippen molar-refractivity contribution in [3.63, 3.8) is 0 Å². The second-order valence-corrected chi connectivity index (χ2v) is 7.17. The van der Waals surface area contributed by atoms with E-state index in [4.69, 9.17) is 11.6 Å². The van der Waals surface area contributed by atoms with Gasteiger partial charge >= 0.3 is 6.18 Å². The average Bonchev–Trinajstić information content (AvgIpc) is 2.96. The van der Waals surface area contributed by atoms with E-state index in [1.807, 2.05) is 6.92 Å². The van der Waals surface area contributed by atoms with E-state index in [0.29, 0.717) is 29.9 Å². The highest BCUT2D eigenvalue weighted by Gasteiger charge is 2.30. The van der Waals surface area contributed by atoms with Gasteiger partial charge in [-0.1, -0.05) is 0 Å². The van der Waals surface area contributed by atoms with Crippen LogP contribution in [0.1, 0.15) is 32.6 Å². The minimum Gasteiger partial charge on any atom is -0.390 e. The predicted octanol–water partition coefficient (Wildman–Crippen LogP) is 3.66. The lowest BCUT2D eigenvalue weighted by molar-refractivity contribution is -0.142. The van der Waals surface area contributed by atoms with Gasteiger partial charge in [-0.15, -0.1) is 0 Å². The van der Waals surface area contributed by atoms with Gasteiger partial charge in [-0.05, 0) is 50.3 Å². The Kier molecular flexibility index (Phi) is 5.12. The van der Waals surface area contributed by atoms with Crippen LogP contribution in [0.3, 0.4) is 0 Å². The van der Waals surface area contributed by atoms with Crippen LogP contribution in [0.2, 0.25) is 5.28 Å². The minimum absolute atomic E-state index is 0.0359. The maximum absolute atomic E-state index is 12.5. The van der Waals surface area contributed by atoms with Crippen molar-refractivity contribution in [1.29, 1.82) is 0 Å². The Labute approximate surface area is 153 Å². The zero-order valence-electron chi connectivity index (χ0n) is 14.1. The SMILES string of the molecule is CC1(O)CCC(Nc2nc(Cl)ncc2-c2ccn(CC(F)(F)F)n2)CC1. The summed E-state index contributed by atoms with van der Waals surface area (Å²) in [6.45, 7) is 0.644. The van der Waals surface area contributed by atoms with Gasteiger partial charge < -0.3 is 10.4 Å². The fourth-order valence-corrected chi connectivity index (χ4v) is 3.15. The van der Waals surface area contributed by atoms with Gasteiger partial charge in [-0.3, -0.25) is 4.68 Å². The fourth-order valence-electron chi connectivity index (χ4n) is 3.01.